The summed E-state index contributed by atoms with van der Waals surface area (Å²) < 4.78 is 18.0. The van der Waals surface area contributed by atoms with Crippen LogP contribution < -0.4 is 14.8 Å². The van der Waals surface area contributed by atoms with Crippen molar-refractivity contribution in [3.63, 3.8) is 0 Å². The molecule has 1 amide bonds. The van der Waals surface area contributed by atoms with Crippen LogP contribution in [0.2, 0.25) is 0 Å². The minimum atomic E-state index is -0.310. The van der Waals surface area contributed by atoms with Gasteiger partial charge in [-0.2, -0.15) is 0 Å². The van der Waals surface area contributed by atoms with E-state index in [-0.39, 0.29) is 17.6 Å². The van der Waals surface area contributed by atoms with Gasteiger partial charge in [-0.15, -0.1) is 5.10 Å². The smallest absolute Gasteiger partial charge is 0.274 e. The standard InChI is InChI=1S/C18H18N4O4/c1-11(14-4-3-7-24-14)19-18(23)17-12(2)22(21-20-17)13-5-6-15-16(10-13)26-9-8-25-15/h3-7,10-11H,8-9H2,1-2H3,(H,19,23). The first-order valence-corrected chi connectivity index (χ1v) is 8.30. The van der Waals surface area contributed by atoms with E-state index in [9.17, 15) is 4.79 Å². The van der Waals surface area contributed by atoms with Crippen molar-refractivity contribution in [1.29, 1.82) is 0 Å². The number of hydrogen-bond acceptors (Lipinski definition) is 6. The van der Waals surface area contributed by atoms with Crippen LogP contribution >= 0.6 is 0 Å². The van der Waals surface area contributed by atoms with E-state index in [1.807, 2.05) is 31.2 Å². The molecule has 1 N–H and O–H groups in total. The van der Waals surface area contributed by atoms with E-state index >= 15 is 0 Å². The number of carbonyl (C=O) groups is 1. The summed E-state index contributed by atoms with van der Waals surface area (Å²) in [7, 11) is 0. The average molecular weight is 354 g/mol. The molecule has 26 heavy (non-hydrogen) atoms. The zero-order valence-corrected chi connectivity index (χ0v) is 14.4. The number of hydrogen-bond donors (Lipinski definition) is 1. The molecule has 4 rings (SSSR count). The Kier molecular flexibility index (Phi) is 4.08. The van der Waals surface area contributed by atoms with Gasteiger partial charge in [0.2, 0.25) is 0 Å². The minimum absolute atomic E-state index is 0.262. The molecule has 0 aliphatic carbocycles. The van der Waals surface area contributed by atoms with Crippen LogP contribution in [-0.2, 0) is 0 Å². The molecule has 1 aromatic carbocycles. The van der Waals surface area contributed by atoms with Gasteiger partial charge in [0, 0.05) is 6.07 Å². The van der Waals surface area contributed by atoms with Gasteiger partial charge in [0.15, 0.2) is 17.2 Å². The van der Waals surface area contributed by atoms with E-state index in [2.05, 4.69) is 15.6 Å². The monoisotopic (exact) mass is 354 g/mol. The molecule has 0 saturated carbocycles. The second kappa shape index (κ2) is 6.55. The summed E-state index contributed by atoms with van der Waals surface area (Å²) in [6, 6.07) is 8.82. The highest BCUT2D eigenvalue weighted by Gasteiger charge is 2.21. The highest BCUT2D eigenvalue weighted by molar-refractivity contribution is 5.93. The Hall–Kier alpha value is -3.29. The van der Waals surface area contributed by atoms with E-state index in [4.69, 9.17) is 13.9 Å². The van der Waals surface area contributed by atoms with Crippen LogP contribution in [0.15, 0.2) is 41.0 Å². The fraction of sp³-hybridized carbons (Fsp3) is 0.278. The zero-order valence-electron chi connectivity index (χ0n) is 14.4. The van der Waals surface area contributed by atoms with Gasteiger partial charge in [0.05, 0.1) is 23.7 Å². The van der Waals surface area contributed by atoms with Crippen molar-refractivity contribution in [2.45, 2.75) is 19.9 Å². The molecule has 3 aromatic rings. The van der Waals surface area contributed by atoms with Crippen molar-refractivity contribution in [1.82, 2.24) is 20.3 Å². The number of carbonyl (C=O) groups excluding carboxylic acids is 1. The Morgan fingerprint density at radius 1 is 1.23 bits per heavy atom. The lowest BCUT2D eigenvalue weighted by Gasteiger charge is -2.18. The second-order valence-corrected chi connectivity index (χ2v) is 5.97. The lowest BCUT2D eigenvalue weighted by Crippen LogP contribution is -2.27. The molecule has 1 atom stereocenters. The van der Waals surface area contributed by atoms with Gasteiger partial charge >= 0.3 is 0 Å². The molecule has 2 aromatic heterocycles. The van der Waals surface area contributed by atoms with Crippen molar-refractivity contribution in [3.05, 3.63) is 53.7 Å². The van der Waals surface area contributed by atoms with Crippen LogP contribution in [-0.4, -0.2) is 34.1 Å². The van der Waals surface area contributed by atoms with Gasteiger partial charge in [0.1, 0.15) is 19.0 Å². The van der Waals surface area contributed by atoms with Gasteiger partial charge in [-0.05, 0) is 38.1 Å². The molecule has 1 aliphatic rings. The van der Waals surface area contributed by atoms with Crippen LogP contribution in [0.1, 0.15) is 34.9 Å². The van der Waals surface area contributed by atoms with Crippen molar-refractivity contribution < 1.29 is 18.7 Å². The second-order valence-electron chi connectivity index (χ2n) is 5.97. The molecule has 0 radical (unpaired) electrons. The number of nitrogens with zero attached hydrogens (tertiary/aromatic N) is 3. The summed E-state index contributed by atoms with van der Waals surface area (Å²) in [5.41, 5.74) is 1.64. The quantitative estimate of drug-likeness (QED) is 0.774. The molecule has 8 nitrogen and oxygen atoms in total. The molecule has 0 spiro atoms. The minimum Gasteiger partial charge on any atom is -0.486 e. The third kappa shape index (κ3) is 2.90. The van der Waals surface area contributed by atoms with E-state index < -0.39 is 0 Å². The lowest BCUT2D eigenvalue weighted by molar-refractivity contribution is 0.0929. The Morgan fingerprint density at radius 2 is 2.04 bits per heavy atom. The SMILES string of the molecule is Cc1c(C(=O)NC(C)c2ccco2)nnn1-c1ccc2c(c1)OCCO2. The van der Waals surface area contributed by atoms with Crippen molar-refractivity contribution in [3.8, 4) is 17.2 Å². The molecular formula is C18H18N4O4. The first-order chi connectivity index (χ1) is 12.6. The number of furan rings is 1. The molecule has 1 aliphatic heterocycles. The molecule has 1 unspecified atom stereocenters. The average Bonchev–Trinajstić information content (AvgIpc) is 3.31. The number of fused-ring (bicyclic) bond motifs is 1. The van der Waals surface area contributed by atoms with Crippen LogP contribution in [0.3, 0.4) is 0 Å². The summed E-state index contributed by atoms with van der Waals surface area (Å²) in [6.07, 6.45) is 1.57. The molecule has 0 saturated heterocycles. The summed E-state index contributed by atoms with van der Waals surface area (Å²) in [4.78, 5) is 12.5. The highest BCUT2D eigenvalue weighted by atomic mass is 16.6. The number of ether oxygens (including phenoxy) is 2. The van der Waals surface area contributed by atoms with Crippen molar-refractivity contribution in [2.75, 3.05) is 13.2 Å². The molecule has 134 valence electrons. The summed E-state index contributed by atoms with van der Waals surface area (Å²) in [5, 5.41) is 11.0. The fourth-order valence-electron chi connectivity index (χ4n) is 2.82. The molecule has 0 fully saturated rings. The lowest BCUT2D eigenvalue weighted by atomic mass is 10.2. The van der Waals surface area contributed by atoms with E-state index in [1.165, 1.54) is 0 Å². The maximum absolute atomic E-state index is 12.5. The predicted octanol–water partition coefficient (Wildman–Crippen LogP) is 2.43. The zero-order chi connectivity index (χ0) is 18.1. The van der Waals surface area contributed by atoms with E-state index in [0.717, 1.165) is 5.69 Å². The highest BCUT2D eigenvalue weighted by Crippen LogP contribution is 2.32. The summed E-state index contributed by atoms with van der Waals surface area (Å²) in [5.74, 6) is 1.72. The molecular weight excluding hydrogens is 336 g/mol. The molecule has 0 bridgehead atoms. The topological polar surface area (TPSA) is 91.4 Å². The van der Waals surface area contributed by atoms with Crippen LogP contribution in [0.4, 0.5) is 0 Å². The first-order valence-electron chi connectivity index (χ1n) is 8.30. The van der Waals surface area contributed by atoms with E-state index in [1.54, 1.807) is 23.9 Å². The van der Waals surface area contributed by atoms with Crippen LogP contribution in [0.5, 0.6) is 11.5 Å². The fourth-order valence-corrected chi connectivity index (χ4v) is 2.82. The number of amides is 1. The maximum atomic E-state index is 12.5. The van der Waals surface area contributed by atoms with Crippen LogP contribution in [0.25, 0.3) is 5.69 Å². The van der Waals surface area contributed by atoms with Crippen molar-refractivity contribution in [2.24, 2.45) is 0 Å². The van der Waals surface area contributed by atoms with Gasteiger partial charge in [-0.25, -0.2) is 4.68 Å². The van der Waals surface area contributed by atoms with Gasteiger partial charge in [-0.3, -0.25) is 4.79 Å². The Labute approximate surface area is 149 Å². The maximum Gasteiger partial charge on any atom is 0.274 e. The molecule has 3 heterocycles. The summed E-state index contributed by atoms with van der Waals surface area (Å²) >= 11 is 0. The number of aromatic nitrogens is 3. The van der Waals surface area contributed by atoms with Gasteiger partial charge in [-0.1, -0.05) is 5.21 Å². The normalized spacial score (nSPS) is 14.1. The van der Waals surface area contributed by atoms with Crippen molar-refractivity contribution >= 4 is 5.91 Å². The Bertz CT molecular complexity index is 933. The number of nitrogens with one attached hydrogen (secondary N) is 1. The Morgan fingerprint density at radius 3 is 2.81 bits per heavy atom. The third-order valence-corrected chi connectivity index (χ3v) is 4.20. The van der Waals surface area contributed by atoms with Crippen LogP contribution in [0, 0.1) is 6.92 Å². The number of rotatable bonds is 4. The number of benzene rings is 1. The van der Waals surface area contributed by atoms with Gasteiger partial charge in [0.25, 0.3) is 5.91 Å². The van der Waals surface area contributed by atoms with E-state index in [0.29, 0.717) is 36.2 Å². The third-order valence-electron chi connectivity index (χ3n) is 4.20. The largest absolute Gasteiger partial charge is 0.486 e. The Balaban J connectivity index is 1.57. The predicted molar refractivity (Wildman–Crippen MR) is 91.7 cm³/mol. The molecule has 8 heteroatoms. The first kappa shape index (κ1) is 16.2. The summed E-state index contributed by atoms with van der Waals surface area (Å²) in [6.45, 7) is 4.68. The van der Waals surface area contributed by atoms with Gasteiger partial charge < -0.3 is 19.2 Å².